The Labute approximate surface area is 107 Å². The molecule has 0 N–H and O–H groups in total. The third-order valence-electron chi connectivity index (χ3n) is 2.21. The number of hydrogen-bond donors (Lipinski definition) is 0. The normalized spacial score (nSPS) is 14.3. The minimum absolute atomic E-state index is 0.588. The molecule has 0 fully saturated rings. The highest BCUT2D eigenvalue weighted by Crippen LogP contribution is 2.59. The minimum Gasteiger partial charge on any atom is -0.417 e. The van der Waals surface area contributed by atoms with Crippen molar-refractivity contribution in [2.75, 3.05) is 12.9 Å². The van der Waals surface area contributed by atoms with E-state index in [9.17, 15) is 4.57 Å². The summed E-state index contributed by atoms with van der Waals surface area (Å²) in [6, 6.07) is 7.46. The third-order valence-corrected chi connectivity index (χ3v) is 6.05. The first-order chi connectivity index (χ1) is 8.09. The predicted molar refractivity (Wildman–Crippen MR) is 73.8 cm³/mol. The van der Waals surface area contributed by atoms with Crippen molar-refractivity contribution < 1.29 is 13.6 Å². The summed E-state index contributed by atoms with van der Waals surface area (Å²) < 4.78 is 22.7. The molecule has 0 aromatic heterocycles. The molecule has 0 aliphatic carbocycles. The predicted octanol–water partition coefficient (Wildman–Crippen LogP) is 4.66. The Kier molecular flexibility index (Phi) is 6.10. The van der Waals surface area contributed by atoms with Gasteiger partial charge in [-0.1, -0.05) is 31.0 Å². The first-order valence-corrected chi connectivity index (χ1v) is 8.79. The lowest BCUT2D eigenvalue weighted by Gasteiger charge is -2.16. The maximum Gasteiger partial charge on any atom is 0.439 e. The molecule has 0 bridgehead atoms. The van der Waals surface area contributed by atoms with E-state index in [0.717, 1.165) is 24.2 Å². The molecule has 5 heteroatoms. The molecule has 1 rings (SSSR count). The van der Waals surface area contributed by atoms with E-state index in [0.29, 0.717) is 5.75 Å². The highest BCUT2D eigenvalue weighted by molar-refractivity contribution is 8.55. The zero-order valence-corrected chi connectivity index (χ0v) is 12.2. The van der Waals surface area contributed by atoms with Crippen LogP contribution in [0.4, 0.5) is 0 Å². The molecule has 0 spiro atoms. The molecule has 1 unspecified atom stereocenters. The van der Waals surface area contributed by atoms with E-state index in [4.69, 9.17) is 9.05 Å². The van der Waals surface area contributed by atoms with Gasteiger partial charge in [0, 0.05) is 12.9 Å². The monoisotopic (exact) mass is 274 g/mol. The van der Waals surface area contributed by atoms with Gasteiger partial charge in [0.05, 0.1) is 0 Å². The van der Waals surface area contributed by atoms with E-state index < -0.39 is 6.80 Å². The highest BCUT2D eigenvalue weighted by atomic mass is 32.7. The van der Waals surface area contributed by atoms with Gasteiger partial charge >= 0.3 is 6.80 Å². The molecule has 0 radical (unpaired) electrons. The maximum atomic E-state index is 12.2. The molecule has 0 heterocycles. The second kappa shape index (κ2) is 7.10. The van der Waals surface area contributed by atoms with Crippen molar-refractivity contribution >= 4 is 18.2 Å². The highest BCUT2D eigenvalue weighted by Gasteiger charge is 2.25. The van der Waals surface area contributed by atoms with E-state index in [2.05, 4.69) is 6.92 Å². The lowest BCUT2D eigenvalue weighted by Crippen LogP contribution is -1.93. The standard InChI is InChI=1S/C12H19O3PS/c1-4-5-10-17-16(13,14-3)15-12-8-6-11(2)7-9-12/h6-9H,4-5,10H2,1-3H3. The molecule has 0 amide bonds. The zero-order valence-electron chi connectivity index (χ0n) is 10.5. The van der Waals surface area contributed by atoms with Gasteiger partial charge in [-0.15, -0.1) is 0 Å². The van der Waals surface area contributed by atoms with E-state index in [1.165, 1.54) is 18.5 Å². The van der Waals surface area contributed by atoms with Crippen molar-refractivity contribution in [2.45, 2.75) is 26.7 Å². The Morgan fingerprint density at radius 2 is 1.94 bits per heavy atom. The molecule has 1 aromatic rings. The van der Waals surface area contributed by atoms with Gasteiger partial charge < -0.3 is 4.52 Å². The Balaban J connectivity index is 2.61. The average Bonchev–Trinajstić information content (AvgIpc) is 2.33. The van der Waals surface area contributed by atoms with Crippen molar-refractivity contribution in [3.05, 3.63) is 29.8 Å². The largest absolute Gasteiger partial charge is 0.439 e. The summed E-state index contributed by atoms with van der Waals surface area (Å²) >= 11 is 1.26. The molecule has 1 aromatic carbocycles. The summed E-state index contributed by atoms with van der Waals surface area (Å²) in [7, 11) is 1.42. The lowest BCUT2D eigenvalue weighted by atomic mass is 10.2. The van der Waals surface area contributed by atoms with Gasteiger partial charge in [-0.2, -0.15) is 0 Å². The molecule has 1 atom stereocenters. The van der Waals surface area contributed by atoms with Crippen molar-refractivity contribution in [3.8, 4) is 5.75 Å². The van der Waals surface area contributed by atoms with Crippen LogP contribution >= 0.6 is 18.2 Å². The average molecular weight is 274 g/mol. The number of benzene rings is 1. The Bertz CT molecular complexity index is 378. The van der Waals surface area contributed by atoms with E-state index in [-0.39, 0.29) is 0 Å². The minimum atomic E-state index is -3.05. The first kappa shape index (κ1) is 14.6. The van der Waals surface area contributed by atoms with Crippen LogP contribution in [-0.4, -0.2) is 12.9 Å². The smallest absolute Gasteiger partial charge is 0.417 e. The fourth-order valence-corrected chi connectivity index (χ4v) is 4.21. The van der Waals surface area contributed by atoms with Crippen LogP contribution in [0.25, 0.3) is 0 Å². The lowest BCUT2D eigenvalue weighted by molar-refractivity contribution is 0.342. The number of rotatable bonds is 7. The zero-order chi connectivity index (χ0) is 12.7. The van der Waals surface area contributed by atoms with E-state index in [1.54, 1.807) is 12.1 Å². The topological polar surface area (TPSA) is 35.5 Å². The molecule has 0 saturated heterocycles. The van der Waals surface area contributed by atoms with Crippen LogP contribution in [0.15, 0.2) is 24.3 Å². The summed E-state index contributed by atoms with van der Waals surface area (Å²) in [5.74, 6) is 1.37. The SMILES string of the molecule is CCCCSP(=O)(OC)Oc1ccc(C)cc1. The van der Waals surface area contributed by atoms with Crippen molar-refractivity contribution in [1.82, 2.24) is 0 Å². The Morgan fingerprint density at radius 1 is 1.29 bits per heavy atom. The first-order valence-electron chi connectivity index (χ1n) is 5.66. The van der Waals surface area contributed by atoms with Crippen LogP contribution in [0.3, 0.4) is 0 Å². The molecular formula is C12H19O3PS. The molecular weight excluding hydrogens is 255 g/mol. The van der Waals surface area contributed by atoms with Gasteiger partial charge in [0.25, 0.3) is 0 Å². The number of unbranched alkanes of at least 4 members (excludes halogenated alkanes) is 1. The fraction of sp³-hybridized carbons (Fsp3) is 0.500. The van der Waals surface area contributed by atoms with Gasteiger partial charge in [-0.3, -0.25) is 4.52 Å². The second-order valence-electron chi connectivity index (χ2n) is 3.72. The second-order valence-corrected chi connectivity index (χ2v) is 7.95. The molecule has 0 aliphatic heterocycles. The Hall–Kier alpha value is -0.440. The van der Waals surface area contributed by atoms with Crippen molar-refractivity contribution in [2.24, 2.45) is 0 Å². The van der Waals surface area contributed by atoms with Gasteiger partial charge in [0.1, 0.15) is 5.75 Å². The molecule has 3 nitrogen and oxygen atoms in total. The van der Waals surface area contributed by atoms with Crippen LogP contribution in [0.5, 0.6) is 5.75 Å². The summed E-state index contributed by atoms with van der Waals surface area (Å²) in [6.07, 6.45) is 2.08. The van der Waals surface area contributed by atoms with Crippen molar-refractivity contribution in [1.29, 1.82) is 0 Å². The quantitative estimate of drug-likeness (QED) is 0.535. The summed E-state index contributed by atoms with van der Waals surface area (Å²) in [6.45, 7) is 1.04. The van der Waals surface area contributed by atoms with Crippen LogP contribution in [-0.2, 0) is 9.09 Å². The van der Waals surface area contributed by atoms with Crippen LogP contribution in [0, 0.1) is 6.92 Å². The summed E-state index contributed by atoms with van der Waals surface area (Å²) in [5, 5.41) is 0. The molecule has 17 heavy (non-hydrogen) atoms. The van der Waals surface area contributed by atoms with Crippen molar-refractivity contribution in [3.63, 3.8) is 0 Å². The van der Waals surface area contributed by atoms with Crippen LogP contribution in [0.2, 0.25) is 0 Å². The fourth-order valence-electron chi connectivity index (χ4n) is 1.17. The van der Waals surface area contributed by atoms with E-state index >= 15 is 0 Å². The van der Waals surface area contributed by atoms with Gasteiger partial charge in [0.15, 0.2) is 0 Å². The van der Waals surface area contributed by atoms with Gasteiger partial charge in [-0.05, 0) is 36.9 Å². The van der Waals surface area contributed by atoms with Crippen LogP contribution < -0.4 is 4.52 Å². The summed E-state index contributed by atoms with van der Waals surface area (Å²) in [4.78, 5) is 0. The maximum absolute atomic E-state index is 12.2. The van der Waals surface area contributed by atoms with Gasteiger partial charge in [0.2, 0.25) is 0 Å². The Morgan fingerprint density at radius 3 is 2.47 bits per heavy atom. The van der Waals surface area contributed by atoms with E-state index in [1.807, 2.05) is 19.1 Å². The summed E-state index contributed by atoms with van der Waals surface area (Å²) in [5.41, 5.74) is 1.14. The number of hydrogen-bond acceptors (Lipinski definition) is 4. The number of aryl methyl sites for hydroxylation is 1. The molecule has 96 valence electrons. The molecule has 0 aliphatic rings. The molecule has 0 saturated carbocycles. The van der Waals surface area contributed by atoms with Gasteiger partial charge in [-0.25, -0.2) is 4.57 Å². The van der Waals surface area contributed by atoms with Crippen LogP contribution in [0.1, 0.15) is 25.3 Å². The third kappa shape index (κ3) is 5.15.